The molecule has 0 unspecified atom stereocenters. The molecule has 0 heterocycles. The quantitative estimate of drug-likeness (QED) is 0.479. The van der Waals surface area contributed by atoms with Crippen LogP contribution >= 0.6 is 0 Å². The van der Waals surface area contributed by atoms with Gasteiger partial charge in [0.2, 0.25) is 0 Å². The fraction of sp³-hybridized carbons (Fsp3) is 0.158. The van der Waals surface area contributed by atoms with Crippen LogP contribution in [0.3, 0.4) is 0 Å². The van der Waals surface area contributed by atoms with E-state index < -0.39 is 11.9 Å². The van der Waals surface area contributed by atoms with Gasteiger partial charge in [-0.05, 0) is 42.3 Å². The summed E-state index contributed by atoms with van der Waals surface area (Å²) in [6, 6.07) is 12.2. The number of ether oxygens (including phenoxy) is 3. The average Bonchev–Trinajstić information content (AvgIpc) is 2.60. The van der Waals surface area contributed by atoms with Crippen LogP contribution in [0.2, 0.25) is 0 Å². The van der Waals surface area contributed by atoms with Crippen molar-refractivity contribution in [3.8, 4) is 11.5 Å². The summed E-state index contributed by atoms with van der Waals surface area (Å²) in [6.07, 6.45) is 2.88. The van der Waals surface area contributed by atoms with Crippen molar-refractivity contribution >= 4 is 18.0 Å². The Labute approximate surface area is 140 Å². The number of esters is 2. The standard InChI is InChI=1S/C19H18O5/c1-13-6-4-5-7-15(13)19(21)24-16-10-8-14(12-17(16)22-2)9-11-18(20)23-3/h4-12H,1-3H3/b11-9+. The molecule has 0 fully saturated rings. The predicted molar refractivity (Wildman–Crippen MR) is 90.2 cm³/mol. The molecule has 2 aromatic rings. The fourth-order valence-corrected chi connectivity index (χ4v) is 2.06. The monoisotopic (exact) mass is 326 g/mol. The highest BCUT2D eigenvalue weighted by Crippen LogP contribution is 2.29. The lowest BCUT2D eigenvalue weighted by Gasteiger charge is -2.11. The van der Waals surface area contributed by atoms with Crippen molar-refractivity contribution in [1.29, 1.82) is 0 Å². The van der Waals surface area contributed by atoms with Crippen LogP contribution in [0.4, 0.5) is 0 Å². The van der Waals surface area contributed by atoms with Crippen LogP contribution < -0.4 is 9.47 Å². The second-order valence-electron chi connectivity index (χ2n) is 4.97. The van der Waals surface area contributed by atoms with Crippen LogP contribution in [0.5, 0.6) is 11.5 Å². The largest absolute Gasteiger partial charge is 0.493 e. The molecule has 0 aliphatic heterocycles. The van der Waals surface area contributed by atoms with Gasteiger partial charge in [0.1, 0.15) is 0 Å². The van der Waals surface area contributed by atoms with Crippen LogP contribution in [0.15, 0.2) is 48.5 Å². The number of rotatable bonds is 5. The molecule has 24 heavy (non-hydrogen) atoms. The van der Waals surface area contributed by atoms with Gasteiger partial charge in [-0.2, -0.15) is 0 Å². The summed E-state index contributed by atoms with van der Waals surface area (Å²) < 4.78 is 15.2. The molecule has 0 saturated heterocycles. The zero-order valence-corrected chi connectivity index (χ0v) is 13.7. The van der Waals surface area contributed by atoms with Crippen LogP contribution in [-0.4, -0.2) is 26.2 Å². The van der Waals surface area contributed by atoms with Gasteiger partial charge in [-0.25, -0.2) is 9.59 Å². The lowest BCUT2D eigenvalue weighted by Crippen LogP contribution is -2.10. The maximum atomic E-state index is 12.3. The third-order valence-corrected chi connectivity index (χ3v) is 3.37. The molecule has 0 spiro atoms. The van der Waals surface area contributed by atoms with Crippen molar-refractivity contribution in [2.75, 3.05) is 14.2 Å². The normalized spacial score (nSPS) is 10.5. The average molecular weight is 326 g/mol. The van der Waals surface area contributed by atoms with E-state index in [-0.39, 0.29) is 0 Å². The van der Waals surface area contributed by atoms with E-state index in [1.54, 1.807) is 36.4 Å². The first kappa shape index (κ1) is 17.3. The van der Waals surface area contributed by atoms with E-state index in [0.717, 1.165) is 5.56 Å². The second kappa shape index (κ2) is 7.97. The van der Waals surface area contributed by atoms with Crippen molar-refractivity contribution < 1.29 is 23.8 Å². The highest BCUT2D eigenvalue weighted by atomic mass is 16.6. The first-order chi connectivity index (χ1) is 11.5. The Bertz CT molecular complexity index is 777. The Balaban J connectivity index is 2.22. The molecule has 0 aliphatic carbocycles. The van der Waals surface area contributed by atoms with Crippen LogP contribution in [-0.2, 0) is 9.53 Å². The molecule has 0 saturated carbocycles. The molecule has 0 amide bonds. The molecule has 0 bridgehead atoms. The zero-order chi connectivity index (χ0) is 17.5. The number of methoxy groups -OCH3 is 2. The summed E-state index contributed by atoms with van der Waals surface area (Å²) in [7, 11) is 2.79. The second-order valence-corrected chi connectivity index (χ2v) is 4.97. The van der Waals surface area contributed by atoms with Crippen LogP contribution in [0.25, 0.3) is 6.08 Å². The summed E-state index contributed by atoms with van der Waals surface area (Å²) >= 11 is 0. The zero-order valence-electron chi connectivity index (χ0n) is 13.7. The fourth-order valence-electron chi connectivity index (χ4n) is 2.06. The maximum absolute atomic E-state index is 12.3. The minimum absolute atomic E-state index is 0.306. The van der Waals surface area contributed by atoms with Gasteiger partial charge in [-0.15, -0.1) is 0 Å². The van der Waals surface area contributed by atoms with E-state index >= 15 is 0 Å². The summed E-state index contributed by atoms with van der Waals surface area (Å²) in [5.41, 5.74) is 2.04. The van der Waals surface area contributed by atoms with Crippen molar-refractivity contribution in [3.05, 3.63) is 65.2 Å². The van der Waals surface area contributed by atoms with Gasteiger partial charge in [0.05, 0.1) is 19.8 Å². The molecule has 124 valence electrons. The number of hydrogen-bond donors (Lipinski definition) is 0. The first-order valence-corrected chi connectivity index (χ1v) is 7.27. The van der Waals surface area contributed by atoms with E-state index in [0.29, 0.717) is 22.6 Å². The highest BCUT2D eigenvalue weighted by molar-refractivity contribution is 5.93. The molecule has 2 aromatic carbocycles. The molecular weight excluding hydrogens is 308 g/mol. The summed E-state index contributed by atoms with van der Waals surface area (Å²) in [5, 5.41) is 0. The number of carbonyl (C=O) groups is 2. The van der Waals surface area contributed by atoms with E-state index in [1.165, 1.54) is 20.3 Å². The molecule has 5 heteroatoms. The minimum Gasteiger partial charge on any atom is -0.493 e. The lowest BCUT2D eigenvalue weighted by molar-refractivity contribution is -0.134. The Kier molecular flexibility index (Phi) is 5.73. The van der Waals surface area contributed by atoms with Crippen molar-refractivity contribution in [1.82, 2.24) is 0 Å². The first-order valence-electron chi connectivity index (χ1n) is 7.27. The molecule has 0 N–H and O–H groups in total. The number of hydrogen-bond acceptors (Lipinski definition) is 5. The Hall–Kier alpha value is -3.08. The van der Waals surface area contributed by atoms with Crippen molar-refractivity contribution in [2.24, 2.45) is 0 Å². The van der Waals surface area contributed by atoms with Crippen LogP contribution in [0.1, 0.15) is 21.5 Å². The van der Waals surface area contributed by atoms with Crippen molar-refractivity contribution in [3.63, 3.8) is 0 Å². The number of benzene rings is 2. The third kappa shape index (κ3) is 4.23. The van der Waals surface area contributed by atoms with Crippen LogP contribution in [0, 0.1) is 6.92 Å². The van der Waals surface area contributed by atoms with E-state index in [4.69, 9.17) is 9.47 Å². The molecule has 5 nitrogen and oxygen atoms in total. The molecule has 0 aliphatic rings. The third-order valence-electron chi connectivity index (χ3n) is 3.37. The predicted octanol–water partition coefficient (Wildman–Crippen LogP) is 3.41. The molecule has 0 atom stereocenters. The Morgan fingerprint density at radius 1 is 1.00 bits per heavy atom. The van der Waals surface area contributed by atoms with Gasteiger partial charge in [0.25, 0.3) is 0 Å². The summed E-state index contributed by atoms with van der Waals surface area (Å²) in [5.74, 6) is -0.210. The van der Waals surface area contributed by atoms with E-state index in [2.05, 4.69) is 4.74 Å². The molecule has 2 rings (SSSR count). The highest BCUT2D eigenvalue weighted by Gasteiger charge is 2.14. The van der Waals surface area contributed by atoms with Gasteiger partial charge >= 0.3 is 11.9 Å². The molecule has 0 radical (unpaired) electrons. The van der Waals surface area contributed by atoms with E-state index in [9.17, 15) is 9.59 Å². The van der Waals surface area contributed by atoms with Gasteiger partial charge in [-0.1, -0.05) is 24.3 Å². The summed E-state index contributed by atoms with van der Waals surface area (Å²) in [4.78, 5) is 23.4. The number of carbonyl (C=O) groups excluding carboxylic acids is 2. The van der Waals surface area contributed by atoms with Gasteiger partial charge in [0, 0.05) is 6.08 Å². The smallest absolute Gasteiger partial charge is 0.343 e. The maximum Gasteiger partial charge on any atom is 0.343 e. The SMILES string of the molecule is COC(=O)/C=C/c1ccc(OC(=O)c2ccccc2C)c(OC)c1. The summed E-state index contributed by atoms with van der Waals surface area (Å²) in [6.45, 7) is 1.84. The Morgan fingerprint density at radius 2 is 1.75 bits per heavy atom. The van der Waals surface area contributed by atoms with Gasteiger partial charge < -0.3 is 14.2 Å². The lowest BCUT2D eigenvalue weighted by atomic mass is 10.1. The molecule has 0 aromatic heterocycles. The number of aryl methyl sites for hydroxylation is 1. The topological polar surface area (TPSA) is 61.8 Å². The minimum atomic E-state index is -0.455. The van der Waals surface area contributed by atoms with Gasteiger partial charge in [-0.3, -0.25) is 0 Å². The Morgan fingerprint density at radius 3 is 2.42 bits per heavy atom. The van der Waals surface area contributed by atoms with Crippen molar-refractivity contribution in [2.45, 2.75) is 6.92 Å². The molecular formula is C19H18O5. The van der Waals surface area contributed by atoms with Gasteiger partial charge in [0.15, 0.2) is 11.5 Å². The van der Waals surface area contributed by atoms with E-state index in [1.807, 2.05) is 19.1 Å².